The number of anilines is 1. The number of terminal acetylenes is 1. The van der Waals surface area contributed by atoms with Gasteiger partial charge in [-0.15, -0.1) is 6.42 Å². The predicted octanol–water partition coefficient (Wildman–Crippen LogP) is 1.06. The third kappa shape index (κ3) is 2.70. The number of pyridine rings is 1. The SMILES string of the molecule is C#CCONc1ccccn1. The highest BCUT2D eigenvalue weighted by Crippen LogP contribution is 1.98. The number of rotatable bonds is 3. The molecule has 56 valence electrons. The molecule has 0 spiro atoms. The summed E-state index contributed by atoms with van der Waals surface area (Å²) in [5.41, 5.74) is 2.59. The highest BCUT2D eigenvalue weighted by Gasteiger charge is 1.86. The maximum absolute atomic E-state index is 4.96. The normalized spacial score (nSPS) is 8.64. The summed E-state index contributed by atoms with van der Waals surface area (Å²) < 4.78 is 0. The summed E-state index contributed by atoms with van der Waals surface area (Å²) in [7, 11) is 0. The van der Waals surface area contributed by atoms with Crippen LogP contribution in [0.15, 0.2) is 24.4 Å². The van der Waals surface area contributed by atoms with Crippen molar-refractivity contribution in [3.8, 4) is 12.3 Å². The first-order valence-electron chi connectivity index (χ1n) is 3.16. The molecule has 1 heterocycles. The summed E-state index contributed by atoms with van der Waals surface area (Å²) in [6.45, 7) is 0.233. The van der Waals surface area contributed by atoms with Gasteiger partial charge >= 0.3 is 0 Å². The predicted molar refractivity (Wildman–Crippen MR) is 42.6 cm³/mol. The van der Waals surface area contributed by atoms with Crippen molar-refractivity contribution in [3.63, 3.8) is 0 Å². The van der Waals surface area contributed by atoms with Crippen molar-refractivity contribution in [2.45, 2.75) is 0 Å². The van der Waals surface area contributed by atoms with Crippen LogP contribution in [-0.2, 0) is 4.84 Å². The van der Waals surface area contributed by atoms with Crippen molar-refractivity contribution in [1.82, 2.24) is 4.98 Å². The van der Waals surface area contributed by atoms with Gasteiger partial charge in [0.25, 0.3) is 0 Å². The molecule has 0 aliphatic heterocycles. The Bertz CT molecular complexity index is 240. The van der Waals surface area contributed by atoms with Gasteiger partial charge < -0.3 is 0 Å². The van der Waals surface area contributed by atoms with Crippen LogP contribution in [-0.4, -0.2) is 11.6 Å². The summed E-state index contributed by atoms with van der Waals surface area (Å²) in [4.78, 5) is 8.77. The number of hydrogen-bond acceptors (Lipinski definition) is 3. The second kappa shape index (κ2) is 4.31. The molecule has 0 atom stereocenters. The van der Waals surface area contributed by atoms with E-state index in [2.05, 4.69) is 16.4 Å². The zero-order chi connectivity index (χ0) is 7.94. The second-order valence-corrected chi connectivity index (χ2v) is 1.81. The summed E-state index contributed by atoms with van der Waals surface area (Å²) in [6, 6.07) is 5.47. The fourth-order valence-corrected chi connectivity index (χ4v) is 0.575. The van der Waals surface area contributed by atoms with E-state index in [-0.39, 0.29) is 6.61 Å². The minimum atomic E-state index is 0.233. The molecule has 0 unspecified atom stereocenters. The zero-order valence-electron chi connectivity index (χ0n) is 5.95. The maximum atomic E-state index is 4.96. The van der Waals surface area contributed by atoms with Gasteiger partial charge in [-0.05, 0) is 12.1 Å². The molecule has 0 amide bonds. The molecule has 1 N–H and O–H groups in total. The highest BCUT2D eigenvalue weighted by atomic mass is 16.6. The first kappa shape index (κ1) is 7.58. The molecule has 11 heavy (non-hydrogen) atoms. The Morgan fingerprint density at radius 3 is 3.18 bits per heavy atom. The van der Waals surface area contributed by atoms with Crippen LogP contribution in [0.5, 0.6) is 0 Å². The van der Waals surface area contributed by atoms with Crippen LogP contribution < -0.4 is 5.48 Å². The Labute approximate surface area is 65.4 Å². The molecule has 0 aromatic carbocycles. The van der Waals surface area contributed by atoms with Crippen LogP contribution in [0.4, 0.5) is 5.82 Å². The number of hydrogen-bond donors (Lipinski definition) is 1. The smallest absolute Gasteiger partial charge is 0.149 e. The summed E-state index contributed by atoms with van der Waals surface area (Å²) in [6.07, 6.45) is 6.63. The van der Waals surface area contributed by atoms with Gasteiger partial charge in [-0.3, -0.25) is 4.84 Å². The molecule has 1 rings (SSSR count). The Morgan fingerprint density at radius 1 is 1.64 bits per heavy atom. The molecule has 1 aromatic heterocycles. The van der Waals surface area contributed by atoms with Crippen LogP contribution in [0.25, 0.3) is 0 Å². The zero-order valence-corrected chi connectivity index (χ0v) is 5.95. The summed E-state index contributed by atoms with van der Waals surface area (Å²) in [5, 5.41) is 0. The van der Waals surface area contributed by atoms with Crippen LogP contribution in [0.3, 0.4) is 0 Å². The molecule has 0 bridgehead atoms. The minimum absolute atomic E-state index is 0.233. The largest absolute Gasteiger partial charge is 0.262 e. The topological polar surface area (TPSA) is 34.1 Å². The van der Waals surface area contributed by atoms with E-state index in [9.17, 15) is 0 Å². The monoisotopic (exact) mass is 148 g/mol. The van der Waals surface area contributed by atoms with Crippen molar-refractivity contribution in [2.75, 3.05) is 12.1 Å². The summed E-state index contributed by atoms with van der Waals surface area (Å²) in [5.74, 6) is 2.98. The van der Waals surface area contributed by atoms with Crippen LogP contribution in [0, 0.1) is 12.3 Å². The Kier molecular flexibility index (Phi) is 2.97. The maximum Gasteiger partial charge on any atom is 0.149 e. The van der Waals surface area contributed by atoms with Crippen LogP contribution >= 0.6 is 0 Å². The van der Waals surface area contributed by atoms with E-state index in [1.807, 2.05) is 12.1 Å². The van der Waals surface area contributed by atoms with Crippen molar-refractivity contribution in [1.29, 1.82) is 0 Å². The Balaban J connectivity index is 2.35. The van der Waals surface area contributed by atoms with Gasteiger partial charge in [0.05, 0.1) is 0 Å². The van der Waals surface area contributed by atoms with Crippen molar-refractivity contribution in [3.05, 3.63) is 24.4 Å². The first-order valence-corrected chi connectivity index (χ1v) is 3.16. The van der Waals surface area contributed by atoms with Gasteiger partial charge in [0, 0.05) is 6.20 Å². The lowest BCUT2D eigenvalue weighted by Gasteiger charge is -2.00. The second-order valence-electron chi connectivity index (χ2n) is 1.81. The lowest BCUT2D eigenvalue weighted by atomic mass is 10.5. The van der Waals surface area contributed by atoms with Gasteiger partial charge in [-0.1, -0.05) is 12.0 Å². The molecule has 0 saturated carbocycles. The van der Waals surface area contributed by atoms with Crippen LogP contribution in [0.1, 0.15) is 0 Å². The molecule has 0 radical (unpaired) electrons. The fraction of sp³-hybridized carbons (Fsp3) is 0.125. The number of nitrogens with zero attached hydrogens (tertiary/aromatic N) is 1. The van der Waals surface area contributed by atoms with E-state index < -0.39 is 0 Å². The van der Waals surface area contributed by atoms with Gasteiger partial charge in [0.15, 0.2) is 0 Å². The molecule has 1 aromatic rings. The Morgan fingerprint density at radius 2 is 2.55 bits per heavy atom. The molecule has 0 fully saturated rings. The minimum Gasteiger partial charge on any atom is -0.262 e. The van der Waals surface area contributed by atoms with E-state index in [4.69, 9.17) is 11.3 Å². The van der Waals surface area contributed by atoms with Crippen LogP contribution in [0.2, 0.25) is 0 Å². The standard InChI is InChI=1S/C8H8N2O/c1-2-7-11-10-8-5-3-4-6-9-8/h1,3-6H,7H2,(H,9,10). The van der Waals surface area contributed by atoms with Crippen molar-refractivity contribution in [2.24, 2.45) is 0 Å². The molecular weight excluding hydrogens is 140 g/mol. The van der Waals surface area contributed by atoms with Gasteiger partial charge in [0.2, 0.25) is 0 Å². The fourth-order valence-electron chi connectivity index (χ4n) is 0.575. The van der Waals surface area contributed by atoms with E-state index >= 15 is 0 Å². The van der Waals surface area contributed by atoms with Gasteiger partial charge in [-0.2, -0.15) is 0 Å². The molecule has 0 saturated heterocycles. The third-order valence-corrected chi connectivity index (χ3v) is 0.997. The lowest BCUT2D eigenvalue weighted by Crippen LogP contribution is -2.02. The van der Waals surface area contributed by atoms with Gasteiger partial charge in [-0.25, -0.2) is 10.5 Å². The van der Waals surface area contributed by atoms with Crippen molar-refractivity contribution >= 4 is 5.82 Å². The van der Waals surface area contributed by atoms with E-state index in [0.717, 1.165) is 0 Å². The van der Waals surface area contributed by atoms with E-state index in [1.54, 1.807) is 12.3 Å². The molecule has 3 nitrogen and oxygen atoms in total. The number of nitrogens with one attached hydrogen (secondary N) is 1. The molecule has 0 aliphatic carbocycles. The number of aromatic nitrogens is 1. The highest BCUT2D eigenvalue weighted by molar-refractivity contribution is 5.29. The quantitative estimate of drug-likeness (QED) is 0.395. The lowest BCUT2D eigenvalue weighted by molar-refractivity contribution is 0.232. The average Bonchev–Trinajstić information content (AvgIpc) is 2.07. The first-order chi connectivity index (χ1) is 5.43. The van der Waals surface area contributed by atoms with E-state index in [0.29, 0.717) is 5.82 Å². The third-order valence-electron chi connectivity index (χ3n) is 0.997. The molecular formula is C8H8N2O. The van der Waals surface area contributed by atoms with E-state index in [1.165, 1.54) is 0 Å². The van der Waals surface area contributed by atoms with Gasteiger partial charge in [0.1, 0.15) is 12.4 Å². The van der Waals surface area contributed by atoms with Crippen molar-refractivity contribution < 1.29 is 4.84 Å². The average molecular weight is 148 g/mol. The molecule has 0 aliphatic rings. The molecule has 3 heteroatoms. The summed E-state index contributed by atoms with van der Waals surface area (Å²) >= 11 is 0. The Hall–Kier alpha value is -1.53.